The highest BCUT2D eigenvalue weighted by molar-refractivity contribution is 5.56. The van der Waals surface area contributed by atoms with E-state index in [-0.39, 0.29) is 6.04 Å². The van der Waals surface area contributed by atoms with Crippen molar-refractivity contribution < 1.29 is 9.47 Å². The van der Waals surface area contributed by atoms with Gasteiger partial charge in [-0.1, -0.05) is 37.3 Å². The maximum absolute atomic E-state index is 5.33. The molecule has 1 aromatic carbocycles. The van der Waals surface area contributed by atoms with Crippen LogP contribution in [-0.2, 0) is 0 Å². The Morgan fingerprint density at radius 3 is 2.57 bits per heavy atom. The van der Waals surface area contributed by atoms with Gasteiger partial charge in [-0.05, 0) is 29.7 Å². The van der Waals surface area contributed by atoms with Gasteiger partial charge in [0.1, 0.15) is 0 Å². The maximum atomic E-state index is 5.33. The number of hydrogen-bond donors (Lipinski definition) is 0. The van der Waals surface area contributed by atoms with E-state index in [1.807, 2.05) is 18.2 Å². The quantitative estimate of drug-likeness (QED) is 0.819. The van der Waals surface area contributed by atoms with Gasteiger partial charge < -0.3 is 14.4 Å². The van der Waals surface area contributed by atoms with Gasteiger partial charge in [-0.2, -0.15) is 0 Å². The van der Waals surface area contributed by atoms with E-state index in [4.69, 9.17) is 9.47 Å². The number of ether oxygens (including phenoxy) is 2. The van der Waals surface area contributed by atoms with Crippen LogP contribution in [0.15, 0.2) is 48.2 Å². The minimum Gasteiger partial charge on any atom is -0.493 e. The van der Waals surface area contributed by atoms with Crippen molar-refractivity contribution >= 4 is 6.08 Å². The molecule has 1 heterocycles. The fourth-order valence-corrected chi connectivity index (χ4v) is 2.32. The smallest absolute Gasteiger partial charge is 0.161 e. The Morgan fingerprint density at radius 2 is 1.95 bits per heavy atom. The zero-order chi connectivity index (χ0) is 15.2. The van der Waals surface area contributed by atoms with Gasteiger partial charge in [-0.15, -0.1) is 0 Å². The van der Waals surface area contributed by atoms with Crippen molar-refractivity contribution in [3.05, 3.63) is 53.8 Å². The summed E-state index contributed by atoms with van der Waals surface area (Å²) >= 11 is 0. The molecule has 0 aromatic heterocycles. The highest BCUT2D eigenvalue weighted by Gasteiger charge is 2.10. The Bertz CT molecular complexity index is 573. The van der Waals surface area contributed by atoms with Gasteiger partial charge >= 0.3 is 0 Å². The summed E-state index contributed by atoms with van der Waals surface area (Å²) in [6, 6.07) is 6.22. The zero-order valence-electron chi connectivity index (χ0n) is 13.2. The molecule has 0 spiro atoms. The largest absolute Gasteiger partial charge is 0.493 e. The van der Waals surface area contributed by atoms with Crippen LogP contribution < -0.4 is 9.47 Å². The molecule has 0 bridgehead atoms. The van der Waals surface area contributed by atoms with E-state index >= 15 is 0 Å². The summed E-state index contributed by atoms with van der Waals surface area (Å²) < 4.78 is 10.6. The molecule has 1 atom stereocenters. The molecule has 21 heavy (non-hydrogen) atoms. The first-order valence-corrected chi connectivity index (χ1v) is 7.19. The number of allylic oxidation sites excluding steroid dienone is 2. The standard InChI is InChI=1S/C18H23NO2/c1-5-14-6-9-16(19(2)13-14)10-7-15-8-11-17(20-3)18(12-15)21-4/h6-13,16H,5H2,1-4H3/b10-7+. The van der Waals surface area contributed by atoms with Gasteiger partial charge in [-0.3, -0.25) is 0 Å². The molecule has 0 saturated carbocycles. The molecule has 0 N–H and O–H groups in total. The summed E-state index contributed by atoms with van der Waals surface area (Å²) in [6.07, 6.45) is 12.0. The summed E-state index contributed by atoms with van der Waals surface area (Å²) in [5, 5.41) is 0. The van der Waals surface area contributed by atoms with Crippen molar-refractivity contribution in [1.29, 1.82) is 0 Å². The summed E-state index contributed by atoms with van der Waals surface area (Å²) in [7, 11) is 5.40. The maximum Gasteiger partial charge on any atom is 0.161 e. The van der Waals surface area contributed by atoms with Crippen molar-refractivity contribution in [1.82, 2.24) is 4.90 Å². The lowest BCUT2D eigenvalue weighted by Crippen LogP contribution is -2.25. The van der Waals surface area contributed by atoms with Gasteiger partial charge in [0.05, 0.1) is 20.3 Å². The zero-order valence-corrected chi connectivity index (χ0v) is 13.2. The number of likely N-dealkylation sites (N-methyl/N-ethyl adjacent to an activating group) is 1. The van der Waals surface area contributed by atoms with E-state index in [0.717, 1.165) is 23.5 Å². The lowest BCUT2D eigenvalue weighted by Gasteiger charge is -2.25. The van der Waals surface area contributed by atoms with Gasteiger partial charge in [0.25, 0.3) is 0 Å². The van der Waals surface area contributed by atoms with Gasteiger partial charge in [0.2, 0.25) is 0 Å². The Hall–Kier alpha value is -2.16. The van der Waals surface area contributed by atoms with Crippen LogP contribution in [0.4, 0.5) is 0 Å². The summed E-state index contributed by atoms with van der Waals surface area (Å²) in [5.41, 5.74) is 2.45. The summed E-state index contributed by atoms with van der Waals surface area (Å²) in [6.45, 7) is 2.17. The van der Waals surface area contributed by atoms with Crippen LogP contribution in [0, 0.1) is 0 Å². The fraction of sp³-hybridized carbons (Fsp3) is 0.333. The monoisotopic (exact) mass is 285 g/mol. The SMILES string of the molecule is CCC1=CN(C)C(/C=C/c2ccc(OC)c(OC)c2)C=C1. The number of hydrogen-bond acceptors (Lipinski definition) is 3. The minimum atomic E-state index is 0.286. The minimum absolute atomic E-state index is 0.286. The number of rotatable bonds is 5. The third-order valence-electron chi connectivity index (χ3n) is 3.65. The molecule has 1 aliphatic heterocycles. The first-order chi connectivity index (χ1) is 10.2. The molecular formula is C18H23NO2. The summed E-state index contributed by atoms with van der Waals surface area (Å²) in [4.78, 5) is 2.22. The molecule has 2 rings (SSSR count). The molecule has 1 aliphatic rings. The number of benzene rings is 1. The molecule has 3 heteroatoms. The first kappa shape index (κ1) is 15.2. The van der Waals surface area contributed by atoms with Crippen LogP contribution in [0.3, 0.4) is 0 Å². The van der Waals surface area contributed by atoms with Crippen LogP contribution >= 0.6 is 0 Å². The summed E-state index contributed by atoms with van der Waals surface area (Å²) in [5.74, 6) is 1.50. The average Bonchev–Trinajstić information content (AvgIpc) is 2.53. The van der Waals surface area contributed by atoms with E-state index in [1.54, 1.807) is 14.2 Å². The molecule has 0 amide bonds. The Balaban J connectivity index is 2.12. The van der Waals surface area contributed by atoms with E-state index in [9.17, 15) is 0 Å². The highest BCUT2D eigenvalue weighted by atomic mass is 16.5. The highest BCUT2D eigenvalue weighted by Crippen LogP contribution is 2.28. The van der Waals surface area contributed by atoms with Crippen LogP contribution in [0.2, 0.25) is 0 Å². The second kappa shape index (κ2) is 7.02. The molecule has 0 radical (unpaired) electrons. The molecular weight excluding hydrogens is 262 g/mol. The number of methoxy groups -OCH3 is 2. The second-order valence-corrected chi connectivity index (χ2v) is 5.05. The normalized spacial score (nSPS) is 18.0. The van der Waals surface area contributed by atoms with Crippen molar-refractivity contribution in [2.45, 2.75) is 19.4 Å². The second-order valence-electron chi connectivity index (χ2n) is 5.05. The Labute approximate surface area is 127 Å². The van der Waals surface area contributed by atoms with Crippen LogP contribution in [0.1, 0.15) is 18.9 Å². The molecule has 112 valence electrons. The Morgan fingerprint density at radius 1 is 1.19 bits per heavy atom. The van der Waals surface area contributed by atoms with E-state index < -0.39 is 0 Å². The van der Waals surface area contributed by atoms with Crippen molar-refractivity contribution in [2.24, 2.45) is 0 Å². The van der Waals surface area contributed by atoms with Crippen LogP contribution in [-0.4, -0.2) is 32.2 Å². The molecule has 0 saturated heterocycles. The third-order valence-corrected chi connectivity index (χ3v) is 3.65. The predicted molar refractivity (Wildman–Crippen MR) is 87.6 cm³/mol. The topological polar surface area (TPSA) is 21.7 Å². The van der Waals surface area contributed by atoms with E-state index in [0.29, 0.717) is 0 Å². The third kappa shape index (κ3) is 3.69. The molecule has 1 aromatic rings. The van der Waals surface area contributed by atoms with Crippen molar-refractivity contribution in [3.8, 4) is 11.5 Å². The lowest BCUT2D eigenvalue weighted by molar-refractivity contribution is 0.355. The molecule has 0 fully saturated rings. The Kier molecular flexibility index (Phi) is 5.09. The van der Waals surface area contributed by atoms with E-state index in [2.05, 4.69) is 49.4 Å². The molecule has 0 aliphatic carbocycles. The number of nitrogens with zero attached hydrogens (tertiary/aromatic N) is 1. The van der Waals surface area contributed by atoms with Crippen molar-refractivity contribution in [2.75, 3.05) is 21.3 Å². The first-order valence-electron chi connectivity index (χ1n) is 7.19. The molecule has 1 unspecified atom stereocenters. The molecule has 3 nitrogen and oxygen atoms in total. The van der Waals surface area contributed by atoms with E-state index in [1.165, 1.54) is 5.57 Å². The predicted octanol–water partition coefficient (Wildman–Crippen LogP) is 3.88. The average molecular weight is 285 g/mol. The van der Waals surface area contributed by atoms with Crippen molar-refractivity contribution in [3.63, 3.8) is 0 Å². The van der Waals surface area contributed by atoms with Gasteiger partial charge in [0, 0.05) is 13.2 Å². The fourth-order valence-electron chi connectivity index (χ4n) is 2.32. The van der Waals surface area contributed by atoms with Crippen LogP contribution in [0.5, 0.6) is 11.5 Å². The van der Waals surface area contributed by atoms with Crippen LogP contribution in [0.25, 0.3) is 6.08 Å². The van der Waals surface area contributed by atoms with Gasteiger partial charge in [0.15, 0.2) is 11.5 Å². The van der Waals surface area contributed by atoms with Gasteiger partial charge in [-0.25, -0.2) is 0 Å². The lowest BCUT2D eigenvalue weighted by atomic mass is 10.1.